The molecule has 0 N–H and O–H groups in total. The van der Waals surface area contributed by atoms with Crippen LogP contribution in [0.3, 0.4) is 0 Å². The van der Waals surface area contributed by atoms with E-state index >= 15 is 0 Å². The Kier molecular flexibility index (Phi) is 48.2. The zero-order valence-corrected chi connectivity index (χ0v) is 44.9. The van der Waals surface area contributed by atoms with Crippen molar-refractivity contribution in [2.45, 2.75) is 232 Å². The lowest BCUT2D eigenvalue weighted by molar-refractivity contribution is -0.870. The number of carbonyl (C=O) groups excluding carboxylic acids is 3. The highest BCUT2D eigenvalue weighted by molar-refractivity contribution is 5.70. The average Bonchev–Trinajstić information content (AvgIpc) is 3.31. The summed E-state index contributed by atoms with van der Waals surface area (Å²) in [6.07, 6.45) is 64.2. The molecule has 0 radical (unpaired) electrons. The molecule has 0 bridgehead atoms. The van der Waals surface area contributed by atoms with E-state index in [-0.39, 0.29) is 38.6 Å². The van der Waals surface area contributed by atoms with Crippen LogP contribution in [0.1, 0.15) is 219 Å². The number of carboxylic acids is 1. The summed E-state index contributed by atoms with van der Waals surface area (Å²) >= 11 is 0. The van der Waals surface area contributed by atoms with E-state index in [2.05, 4.69) is 98.9 Å². The van der Waals surface area contributed by atoms with Crippen LogP contribution in [0.4, 0.5) is 0 Å². The first-order valence-corrected chi connectivity index (χ1v) is 27.7. The number of quaternary nitrogens is 1. The number of likely N-dealkylation sites (N-methyl/N-ethyl adjacent to an activating group) is 1. The van der Waals surface area contributed by atoms with Gasteiger partial charge in [0, 0.05) is 12.8 Å². The molecule has 2 atom stereocenters. The van der Waals surface area contributed by atoms with Gasteiger partial charge in [0.15, 0.2) is 12.4 Å². The highest BCUT2D eigenvalue weighted by Gasteiger charge is 2.22. The van der Waals surface area contributed by atoms with Crippen LogP contribution in [0.15, 0.2) is 85.1 Å². The summed E-state index contributed by atoms with van der Waals surface area (Å²) in [4.78, 5) is 36.7. The van der Waals surface area contributed by atoms with Crippen molar-refractivity contribution >= 4 is 17.9 Å². The summed E-state index contributed by atoms with van der Waals surface area (Å²) in [5, 5.41) is 11.7. The van der Waals surface area contributed by atoms with E-state index in [1.54, 1.807) is 0 Å². The normalized spacial score (nSPS) is 13.5. The van der Waals surface area contributed by atoms with E-state index in [4.69, 9.17) is 18.9 Å². The second kappa shape index (κ2) is 50.8. The second-order valence-corrected chi connectivity index (χ2v) is 19.5. The summed E-state index contributed by atoms with van der Waals surface area (Å²) in [6, 6.07) is 0. The number of hydrogen-bond acceptors (Lipinski definition) is 8. The number of rotatable bonds is 50. The van der Waals surface area contributed by atoms with Gasteiger partial charge in [-0.15, -0.1) is 0 Å². The quantitative estimate of drug-likeness (QED) is 0.0195. The molecule has 0 aromatic rings. The topological polar surface area (TPSA) is 111 Å². The number of nitrogens with zero attached hydrogens (tertiary/aromatic N) is 1. The van der Waals surface area contributed by atoms with Crippen molar-refractivity contribution < 1.29 is 42.9 Å². The van der Waals surface area contributed by atoms with Crippen molar-refractivity contribution in [3.05, 3.63) is 85.1 Å². The molecule has 0 saturated heterocycles. The lowest BCUT2D eigenvalue weighted by Crippen LogP contribution is -2.44. The van der Waals surface area contributed by atoms with Gasteiger partial charge in [-0.2, -0.15) is 0 Å². The summed E-state index contributed by atoms with van der Waals surface area (Å²) in [6.45, 7) is 4.53. The maximum absolute atomic E-state index is 12.7. The lowest BCUT2D eigenvalue weighted by atomic mass is 10.0. The highest BCUT2D eigenvalue weighted by Crippen LogP contribution is 2.16. The van der Waals surface area contributed by atoms with Crippen LogP contribution in [-0.4, -0.2) is 82.3 Å². The molecule has 0 aliphatic heterocycles. The molecule has 0 aromatic carbocycles. The van der Waals surface area contributed by atoms with Crippen LogP contribution in [-0.2, 0) is 33.3 Å². The van der Waals surface area contributed by atoms with Gasteiger partial charge in [-0.3, -0.25) is 9.59 Å². The summed E-state index contributed by atoms with van der Waals surface area (Å²) < 4.78 is 22.4. The molecular formula is C60H103NO8. The molecule has 0 amide bonds. The van der Waals surface area contributed by atoms with E-state index in [9.17, 15) is 19.5 Å². The summed E-state index contributed by atoms with van der Waals surface area (Å²) in [5.74, 6) is -2.30. The first-order valence-electron chi connectivity index (χ1n) is 27.7. The monoisotopic (exact) mass is 966 g/mol. The molecule has 0 rings (SSSR count). The fraction of sp³-hybridized carbons (Fsp3) is 0.717. The van der Waals surface area contributed by atoms with E-state index in [1.807, 2.05) is 21.1 Å². The Morgan fingerprint density at radius 1 is 0.449 bits per heavy atom. The van der Waals surface area contributed by atoms with Crippen LogP contribution < -0.4 is 5.11 Å². The van der Waals surface area contributed by atoms with Crippen LogP contribution in [0.25, 0.3) is 0 Å². The molecule has 0 saturated carbocycles. The van der Waals surface area contributed by atoms with Crippen LogP contribution in [0, 0.1) is 0 Å². The number of carboxylic acid groups (broad SMARTS) is 1. The Hall–Kier alpha value is -3.53. The summed E-state index contributed by atoms with van der Waals surface area (Å²) in [7, 11) is 5.90. The molecule has 2 unspecified atom stereocenters. The fourth-order valence-corrected chi connectivity index (χ4v) is 7.40. The van der Waals surface area contributed by atoms with Gasteiger partial charge in [-0.25, -0.2) is 0 Å². The second-order valence-electron chi connectivity index (χ2n) is 19.5. The van der Waals surface area contributed by atoms with Gasteiger partial charge in [0.05, 0.1) is 40.3 Å². The molecule has 9 heteroatoms. The van der Waals surface area contributed by atoms with Crippen LogP contribution in [0.2, 0.25) is 0 Å². The van der Waals surface area contributed by atoms with Crippen molar-refractivity contribution in [2.24, 2.45) is 0 Å². The minimum absolute atomic E-state index is 0.147. The van der Waals surface area contributed by atoms with Gasteiger partial charge in [0.2, 0.25) is 0 Å². The van der Waals surface area contributed by atoms with Gasteiger partial charge >= 0.3 is 11.9 Å². The van der Waals surface area contributed by atoms with Crippen molar-refractivity contribution in [3.8, 4) is 0 Å². The molecule has 0 aliphatic rings. The highest BCUT2D eigenvalue weighted by atomic mass is 16.7. The number of carbonyl (C=O) groups is 3. The minimum Gasteiger partial charge on any atom is -0.545 e. The van der Waals surface area contributed by atoms with Crippen molar-refractivity contribution in [1.29, 1.82) is 0 Å². The molecular weight excluding hydrogens is 863 g/mol. The third kappa shape index (κ3) is 52.1. The van der Waals surface area contributed by atoms with Gasteiger partial charge in [-0.1, -0.05) is 221 Å². The summed E-state index contributed by atoms with van der Waals surface area (Å²) in [5.41, 5.74) is 0. The Labute approximate surface area is 423 Å². The van der Waals surface area contributed by atoms with Crippen molar-refractivity contribution in [2.75, 3.05) is 47.5 Å². The number of hydrogen-bond donors (Lipinski definition) is 0. The van der Waals surface area contributed by atoms with Gasteiger partial charge < -0.3 is 33.3 Å². The molecule has 0 aliphatic carbocycles. The van der Waals surface area contributed by atoms with Crippen LogP contribution in [0.5, 0.6) is 0 Å². The largest absolute Gasteiger partial charge is 0.545 e. The first kappa shape index (κ1) is 65.5. The molecule has 0 fully saturated rings. The Balaban J connectivity index is 3.88. The molecule has 0 heterocycles. The van der Waals surface area contributed by atoms with Crippen molar-refractivity contribution in [3.63, 3.8) is 0 Å². The van der Waals surface area contributed by atoms with E-state index < -0.39 is 24.3 Å². The zero-order chi connectivity index (χ0) is 50.6. The number of esters is 2. The maximum Gasteiger partial charge on any atom is 0.306 e. The Morgan fingerprint density at radius 2 is 0.826 bits per heavy atom. The number of unbranched alkanes of at least 4 members (excludes halogenated alkanes) is 21. The third-order valence-corrected chi connectivity index (χ3v) is 11.7. The molecule has 0 aromatic heterocycles. The zero-order valence-electron chi connectivity index (χ0n) is 44.9. The smallest absolute Gasteiger partial charge is 0.306 e. The molecule has 69 heavy (non-hydrogen) atoms. The third-order valence-electron chi connectivity index (χ3n) is 11.7. The SMILES string of the molecule is CC/C=C\C/C=C\C/C=C\C/C=C\C/C=C\C/C=C\C/C=C\CCCCCCCCCCCCCCCCCCCC(=O)OC(COC(=O)CCCCCCC)COC(OCC[N+](C)(C)C)C(=O)[O-]. The standard InChI is InChI=1S/C60H103NO8/c1-6-8-10-12-13-14-15-16-17-18-19-20-21-22-23-24-25-26-27-28-29-30-31-32-33-34-35-36-37-38-39-40-41-42-43-44-45-47-49-51-58(63)69-56(54-67-57(62)50-48-46-11-9-7-2)55-68-60(59(64)65)66-53-52-61(3,4)5/h8,10,13-14,16-17,19-20,22-23,25-26,28-29,56,60H,6-7,9,11-12,15,18,21,24,27,30-55H2,1-5H3/b10-8-,14-13-,17-16-,20-19-,23-22-,26-25-,29-28-. The molecule has 9 nitrogen and oxygen atoms in total. The van der Waals surface area contributed by atoms with E-state index in [1.165, 1.54) is 96.3 Å². The average molecular weight is 966 g/mol. The maximum atomic E-state index is 12.7. The van der Waals surface area contributed by atoms with E-state index in [0.29, 0.717) is 17.4 Å². The van der Waals surface area contributed by atoms with Crippen LogP contribution >= 0.6 is 0 Å². The predicted molar refractivity (Wildman–Crippen MR) is 288 cm³/mol. The first-order chi connectivity index (χ1) is 33.6. The minimum atomic E-state index is -1.62. The van der Waals surface area contributed by atoms with E-state index in [0.717, 1.165) is 89.9 Å². The lowest BCUT2D eigenvalue weighted by Gasteiger charge is -2.26. The number of ether oxygens (including phenoxy) is 4. The Morgan fingerprint density at radius 3 is 1.23 bits per heavy atom. The molecule has 0 spiro atoms. The number of aliphatic carboxylic acids is 1. The molecule has 396 valence electrons. The Bertz CT molecular complexity index is 1400. The fourth-order valence-electron chi connectivity index (χ4n) is 7.40. The predicted octanol–water partition coefficient (Wildman–Crippen LogP) is 14.7. The van der Waals surface area contributed by atoms with Crippen molar-refractivity contribution in [1.82, 2.24) is 0 Å². The van der Waals surface area contributed by atoms with Gasteiger partial charge in [-0.05, 0) is 70.6 Å². The number of allylic oxidation sites excluding steroid dienone is 14. The van der Waals surface area contributed by atoms with Gasteiger partial charge in [0.25, 0.3) is 0 Å². The van der Waals surface area contributed by atoms with Gasteiger partial charge in [0.1, 0.15) is 13.2 Å².